The maximum absolute atomic E-state index is 15.5. The molecule has 570 valence electrons. The van der Waals surface area contributed by atoms with Crippen LogP contribution in [0.5, 0.6) is 0 Å². The van der Waals surface area contributed by atoms with Crippen LogP contribution in [-0.2, 0) is 71.1 Å². The second-order valence-corrected chi connectivity index (χ2v) is 29.2. The summed E-state index contributed by atoms with van der Waals surface area (Å²) in [6.07, 6.45) is -59.7. The summed E-state index contributed by atoms with van der Waals surface area (Å²) in [6.45, 7) is 2.34. The highest BCUT2D eigenvalue weighted by Gasteiger charge is 2.70. The number of rotatable bonds is 21. The van der Waals surface area contributed by atoms with E-state index in [-0.39, 0.29) is 31.6 Å². The molecule has 4 aliphatic carbocycles. The Labute approximate surface area is 566 Å². The summed E-state index contributed by atoms with van der Waals surface area (Å²) in [5.74, 6) is -1.53. The first-order chi connectivity index (χ1) is 46.9. The number of carbonyl (C=O) groups excluding carboxylic acids is 1. The van der Waals surface area contributed by atoms with Crippen LogP contribution in [0.4, 0.5) is 0 Å². The molecule has 0 aromatic carbocycles. The Balaban J connectivity index is 0.888. The quantitative estimate of drug-likeness (QED) is 0.0288. The van der Waals surface area contributed by atoms with Crippen molar-refractivity contribution in [3.63, 3.8) is 0 Å². The monoisotopic (exact) mass is 1440 g/mol. The molecule has 7 aliphatic heterocycles. The van der Waals surface area contributed by atoms with Crippen LogP contribution in [-0.4, -0.2) is 379 Å². The number of hydrogen-bond acceptors (Lipinski definition) is 37. The Kier molecular flexibility index (Phi) is 24.4. The highest BCUT2D eigenvalue weighted by atomic mass is 16.8. The molecule has 99 heavy (non-hydrogen) atoms. The lowest BCUT2D eigenvalue weighted by Crippen LogP contribution is -2.68. The van der Waals surface area contributed by atoms with Crippen LogP contribution in [0, 0.1) is 28.1 Å². The molecular formula is C62H100O37. The van der Waals surface area contributed by atoms with Crippen molar-refractivity contribution in [2.75, 3.05) is 46.2 Å². The van der Waals surface area contributed by atoms with Crippen molar-refractivity contribution in [2.24, 2.45) is 28.1 Å². The lowest BCUT2D eigenvalue weighted by atomic mass is 9.41. The first kappa shape index (κ1) is 77.9. The van der Waals surface area contributed by atoms with Crippen LogP contribution in [0.15, 0.2) is 12.2 Å². The van der Waals surface area contributed by atoms with Crippen LogP contribution in [0.2, 0.25) is 0 Å². The molecule has 7 heterocycles. The van der Waals surface area contributed by atoms with Gasteiger partial charge in [-0.1, -0.05) is 19.9 Å². The number of esters is 1. The number of aliphatic hydroxyl groups is 22. The van der Waals surface area contributed by atoms with Crippen molar-refractivity contribution in [2.45, 2.75) is 292 Å². The molecule has 1 spiro atoms. The van der Waals surface area contributed by atoms with Crippen LogP contribution >= 0.6 is 0 Å². The van der Waals surface area contributed by atoms with E-state index in [0.29, 0.717) is 44.1 Å². The van der Waals surface area contributed by atoms with Crippen molar-refractivity contribution < 1.29 is 183 Å². The zero-order valence-electron chi connectivity index (χ0n) is 54.5. The van der Waals surface area contributed by atoms with Crippen molar-refractivity contribution in [3.8, 4) is 0 Å². The van der Waals surface area contributed by atoms with E-state index < -0.39 is 289 Å². The summed E-state index contributed by atoms with van der Waals surface area (Å²) in [6, 6.07) is 0. The van der Waals surface area contributed by atoms with Crippen LogP contribution in [0.3, 0.4) is 0 Å². The fourth-order valence-electron chi connectivity index (χ4n) is 17.8. The molecule has 35 unspecified atom stereocenters. The normalized spacial score (nSPS) is 54.1. The van der Waals surface area contributed by atoms with E-state index in [9.17, 15) is 112 Å². The highest BCUT2D eigenvalue weighted by Crippen LogP contribution is 2.74. The molecule has 37 nitrogen and oxygen atoms in total. The molecule has 0 amide bonds. The second kappa shape index (κ2) is 31.0. The maximum atomic E-state index is 15.5. The molecule has 0 aromatic rings. The summed E-state index contributed by atoms with van der Waals surface area (Å²) in [7, 11) is 0. The van der Waals surface area contributed by atoms with E-state index in [0.717, 1.165) is 0 Å². The van der Waals surface area contributed by atoms with Crippen LogP contribution in [0.25, 0.3) is 0 Å². The molecule has 0 radical (unpaired) electrons. The standard InChI is InChI=1S/C62H100O37/c1-21-12-61-9-5-31-59(2,7-4-8-60(31,3)58(85)98-56-49(96-54-45(83)41(79)35(73)27(16-66)90-54)47(37(75)29(18-68)92-56)94-51-23(70)11-22(69)24(13-63)87-51)32(61)6-10-62(21,20-61)99-57-50(97-55-46(84)42(80)36(74)28(17-67)91-55)48(95-53-44(82)40(78)34(72)26(15-65)89-53)38(76)30(93-57)19-86-52-43(81)39(77)33(71)25(14-64)88-52/h22-57,63-84H,1,4-20H2,2-3H3/t22?,23?,24?,25?,26?,27?,28?,29?,30?,31?,32-,33?,34?,35?,36?,37?,38?,39?,40?,41?,42?,43?,44?,45?,46?,47?,48?,49?,50?,51?,52?,53?,54?,55?,56?,57?,59+,60+,61+,62-/m0/s1. The molecule has 40 atom stereocenters. The van der Waals surface area contributed by atoms with Gasteiger partial charge in [-0.15, -0.1) is 0 Å². The van der Waals surface area contributed by atoms with Gasteiger partial charge in [0.25, 0.3) is 0 Å². The van der Waals surface area contributed by atoms with Gasteiger partial charge < -0.3 is 179 Å². The van der Waals surface area contributed by atoms with E-state index in [1.54, 1.807) is 6.92 Å². The SMILES string of the molecule is C=C1C[C@@]23CCC4[C@](C)(C(=O)OC5OC(CO)C(O)C(OC6OC(CO)C(O)CC6O)C5OC5OC(CO)C(O)C(O)C5O)CCC[C@@]4(C)[C@@H]2CC[C@]1(OC1OC(COC2OC(CO)C(O)C(O)C2O)C(O)C(OC2OC(CO)C(O)C(O)C2O)C1OC1OC(CO)C(O)C(O)C1O)C3. The fraction of sp³-hybridized carbons (Fsp3) is 0.952. The van der Waals surface area contributed by atoms with E-state index in [1.165, 1.54) is 0 Å². The molecule has 2 bridgehead atoms. The number of hydrogen-bond donors (Lipinski definition) is 22. The highest BCUT2D eigenvalue weighted by molar-refractivity contribution is 5.77. The maximum Gasteiger partial charge on any atom is 0.314 e. The van der Waals surface area contributed by atoms with Gasteiger partial charge >= 0.3 is 5.97 Å². The largest absolute Gasteiger partial charge is 0.432 e. The Morgan fingerprint density at radius 1 is 0.424 bits per heavy atom. The fourth-order valence-corrected chi connectivity index (χ4v) is 17.8. The topological polar surface area (TPSA) is 591 Å². The average molecular weight is 1440 g/mol. The van der Waals surface area contributed by atoms with Gasteiger partial charge in [-0.2, -0.15) is 0 Å². The van der Waals surface area contributed by atoms with Gasteiger partial charge in [-0.3, -0.25) is 4.79 Å². The predicted octanol–water partition coefficient (Wildman–Crippen LogP) is -10.6. The minimum absolute atomic E-state index is 0.164. The van der Waals surface area contributed by atoms with Gasteiger partial charge in [0.15, 0.2) is 43.8 Å². The first-order valence-corrected chi connectivity index (χ1v) is 33.8. The number of ether oxygens (including phenoxy) is 14. The summed E-state index contributed by atoms with van der Waals surface area (Å²) in [5.41, 5.74) is -3.58. The third kappa shape index (κ3) is 14.3. The molecule has 7 saturated heterocycles. The Hall–Kier alpha value is -2.19. The summed E-state index contributed by atoms with van der Waals surface area (Å²) in [5, 5.41) is 238. The molecule has 11 fully saturated rings. The van der Waals surface area contributed by atoms with Crippen molar-refractivity contribution in [3.05, 3.63) is 12.2 Å². The molecule has 0 aromatic heterocycles. The Morgan fingerprint density at radius 3 is 1.33 bits per heavy atom. The smallest absolute Gasteiger partial charge is 0.314 e. The molecule has 37 heteroatoms. The van der Waals surface area contributed by atoms with Crippen LogP contribution in [0.1, 0.15) is 78.1 Å². The first-order valence-electron chi connectivity index (χ1n) is 33.8. The third-order valence-electron chi connectivity index (χ3n) is 23.3. The van der Waals surface area contributed by atoms with E-state index >= 15 is 4.79 Å². The summed E-state index contributed by atoms with van der Waals surface area (Å²) < 4.78 is 85.6. The van der Waals surface area contributed by atoms with Gasteiger partial charge in [0.05, 0.1) is 63.4 Å². The van der Waals surface area contributed by atoms with Crippen molar-refractivity contribution in [1.29, 1.82) is 0 Å². The van der Waals surface area contributed by atoms with Gasteiger partial charge in [-0.25, -0.2) is 0 Å². The van der Waals surface area contributed by atoms with Gasteiger partial charge in [0.1, 0.15) is 153 Å². The van der Waals surface area contributed by atoms with E-state index in [2.05, 4.69) is 13.5 Å². The molecule has 11 rings (SSSR count). The Bertz CT molecular complexity index is 2690. The summed E-state index contributed by atoms with van der Waals surface area (Å²) >= 11 is 0. The zero-order chi connectivity index (χ0) is 71.9. The second-order valence-electron chi connectivity index (χ2n) is 29.2. The molecular weight excluding hydrogens is 1340 g/mol. The molecule has 4 saturated carbocycles. The van der Waals surface area contributed by atoms with Crippen molar-refractivity contribution >= 4 is 5.97 Å². The summed E-state index contributed by atoms with van der Waals surface area (Å²) in [4.78, 5) is 15.5. The lowest BCUT2D eigenvalue weighted by Gasteiger charge is -2.64. The predicted molar refractivity (Wildman–Crippen MR) is 316 cm³/mol. The van der Waals surface area contributed by atoms with Crippen molar-refractivity contribution in [1.82, 2.24) is 0 Å². The number of fused-ring (bicyclic) bond motifs is 3. The number of aliphatic hydroxyl groups excluding tert-OH is 22. The van der Waals surface area contributed by atoms with E-state index in [1.807, 2.05) is 0 Å². The number of carbonyl (C=O) groups is 1. The third-order valence-corrected chi connectivity index (χ3v) is 23.3. The van der Waals surface area contributed by atoms with Gasteiger partial charge in [-0.05, 0) is 86.5 Å². The minimum atomic E-state index is -2.12. The molecule has 11 aliphatic rings. The van der Waals surface area contributed by atoms with Crippen LogP contribution < -0.4 is 0 Å². The average Bonchev–Trinajstić information content (AvgIpc) is 1.59. The lowest BCUT2D eigenvalue weighted by molar-refractivity contribution is -0.403. The van der Waals surface area contributed by atoms with E-state index in [4.69, 9.17) is 66.3 Å². The molecule has 22 N–H and O–H groups in total. The zero-order valence-corrected chi connectivity index (χ0v) is 54.5. The minimum Gasteiger partial charge on any atom is -0.432 e. The van der Waals surface area contributed by atoms with Gasteiger partial charge in [0, 0.05) is 6.42 Å². The van der Waals surface area contributed by atoms with Gasteiger partial charge in [0.2, 0.25) is 6.29 Å². The Morgan fingerprint density at radius 2 is 0.828 bits per heavy atom.